The highest BCUT2D eigenvalue weighted by Gasteiger charge is 2.23. The van der Waals surface area contributed by atoms with Gasteiger partial charge in [0, 0.05) is 25.2 Å². The van der Waals surface area contributed by atoms with Crippen molar-refractivity contribution in [2.24, 2.45) is 4.99 Å². The summed E-state index contributed by atoms with van der Waals surface area (Å²) in [6.07, 6.45) is 18.3. The number of thiazole rings is 1. The van der Waals surface area contributed by atoms with Crippen LogP contribution in [0.2, 0.25) is 0 Å². The van der Waals surface area contributed by atoms with E-state index in [9.17, 15) is 0 Å². The van der Waals surface area contributed by atoms with Gasteiger partial charge in [0.1, 0.15) is 5.84 Å². The third-order valence-corrected chi connectivity index (χ3v) is 4.36. The Morgan fingerprint density at radius 1 is 1.19 bits per heavy atom. The molecule has 0 radical (unpaired) electrons. The lowest BCUT2D eigenvalue weighted by Crippen LogP contribution is -2.32. The third kappa shape index (κ3) is 3.31. The van der Waals surface area contributed by atoms with Crippen molar-refractivity contribution >= 4 is 28.4 Å². The van der Waals surface area contributed by atoms with Crippen molar-refractivity contribution in [1.29, 1.82) is 0 Å². The van der Waals surface area contributed by atoms with E-state index in [0.29, 0.717) is 6.04 Å². The number of nitrogens with zero attached hydrogens (tertiary/aromatic N) is 3. The fourth-order valence-electron chi connectivity index (χ4n) is 2.17. The van der Waals surface area contributed by atoms with Gasteiger partial charge in [0.25, 0.3) is 0 Å². The fourth-order valence-corrected chi connectivity index (χ4v) is 2.92. The maximum atomic E-state index is 4.61. The predicted octanol–water partition coefficient (Wildman–Crippen LogP) is 2.64. The van der Waals surface area contributed by atoms with E-state index in [-0.39, 0.29) is 6.04 Å². The molecule has 2 heterocycles. The Hall–Kier alpha value is -2.14. The Labute approximate surface area is 128 Å². The van der Waals surface area contributed by atoms with Gasteiger partial charge in [0.15, 0.2) is 5.13 Å². The molecule has 0 fully saturated rings. The lowest BCUT2D eigenvalue weighted by molar-refractivity contribution is 0.695. The van der Waals surface area contributed by atoms with Crippen molar-refractivity contribution in [1.82, 2.24) is 10.3 Å². The van der Waals surface area contributed by atoms with E-state index in [1.807, 2.05) is 49.5 Å². The van der Waals surface area contributed by atoms with Crippen LogP contribution in [0.4, 0.5) is 5.13 Å². The maximum absolute atomic E-state index is 4.61. The molecule has 1 aromatic heterocycles. The van der Waals surface area contributed by atoms with Crippen molar-refractivity contribution in [2.45, 2.75) is 12.1 Å². The van der Waals surface area contributed by atoms with Crippen LogP contribution in [0.15, 0.2) is 53.7 Å². The Bertz CT molecular complexity index is 649. The smallest absolute Gasteiger partial charge is 0.185 e. The number of nitrogens with one attached hydrogen (secondary N) is 1. The topological polar surface area (TPSA) is 40.5 Å². The van der Waals surface area contributed by atoms with Gasteiger partial charge in [-0.25, -0.2) is 4.98 Å². The van der Waals surface area contributed by atoms with Crippen molar-refractivity contribution in [3.05, 3.63) is 53.6 Å². The standard InChI is InChI=1S/C16H18N4S/c1-20(2)16-17-11-12(21-16)7-3-6-10-15-18-13-8-4-5-9-14(13)19-15/h3-11,13-14H,1-2H3,(H,18,19). The zero-order valence-corrected chi connectivity index (χ0v) is 12.9. The second kappa shape index (κ2) is 6.10. The minimum absolute atomic E-state index is 0.239. The average molecular weight is 298 g/mol. The predicted molar refractivity (Wildman–Crippen MR) is 91.0 cm³/mol. The SMILES string of the molecule is CN(C)c1ncc(C=CC=CC2=NC3C=CC=CC3N2)s1. The summed E-state index contributed by atoms with van der Waals surface area (Å²) in [6.45, 7) is 0. The van der Waals surface area contributed by atoms with Crippen LogP contribution in [-0.4, -0.2) is 37.0 Å². The molecule has 2 aliphatic rings. The zero-order chi connectivity index (χ0) is 14.7. The Morgan fingerprint density at radius 2 is 2.00 bits per heavy atom. The molecular formula is C16H18N4S. The maximum Gasteiger partial charge on any atom is 0.185 e. The summed E-state index contributed by atoms with van der Waals surface area (Å²) < 4.78 is 0. The van der Waals surface area contributed by atoms with Crippen molar-refractivity contribution < 1.29 is 0 Å². The van der Waals surface area contributed by atoms with E-state index in [1.165, 1.54) is 0 Å². The average Bonchev–Trinajstić information content (AvgIpc) is 3.10. The van der Waals surface area contributed by atoms with Gasteiger partial charge in [-0.15, -0.1) is 0 Å². The van der Waals surface area contributed by atoms with E-state index in [2.05, 4.69) is 39.6 Å². The van der Waals surface area contributed by atoms with Crippen LogP contribution < -0.4 is 10.2 Å². The van der Waals surface area contributed by atoms with Crippen LogP contribution in [0.25, 0.3) is 6.08 Å². The molecule has 0 saturated carbocycles. The number of aromatic nitrogens is 1. The number of anilines is 1. The van der Waals surface area contributed by atoms with Gasteiger partial charge in [-0.2, -0.15) is 0 Å². The second-order valence-electron chi connectivity index (χ2n) is 5.10. The number of fused-ring (bicyclic) bond motifs is 1. The van der Waals surface area contributed by atoms with Crippen LogP contribution in [0.5, 0.6) is 0 Å². The van der Waals surface area contributed by atoms with Gasteiger partial charge in [-0.1, -0.05) is 47.8 Å². The van der Waals surface area contributed by atoms with Crippen molar-refractivity contribution in [3.63, 3.8) is 0 Å². The highest BCUT2D eigenvalue weighted by atomic mass is 32.1. The molecule has 5 heteroatoms. The van der Waals surface area contributed by atoms with Crippen molar-refractivity contribution in [2.75, 3.05) is 19.0 Å². The summed E-state index contributed by atoms with van der Waals surface area (Å²) in [4.78, 5) is 12.1. The second-order valence-corrected chi connectivity index (χ2v) is 6.14. The van der Waals surface area contributed by atoms with E-state index in [1.54, 1.807) is 11.3 Å². The van der Waals surface area contributed by atoms with Gasteiger partial charge in [0.05, 0.1) is 12.1 Å². The lowest BCUT2D eigenvalue weighted by Gasteiger charge is -2.12. The molecule has 0 saturated heterocycles. The quantitative estimate of drug-likeness (QED) is 0.869. The Kier molecular flexibility index (Phi) is 4.01. The van der Waals surface area contributed by atoms with E-state index in [4.69, 9.17) is 0 Å². The molecule has 1 aromatic rings. The summed E-state index contributed by atoms with van der Waals surface area (Å²) in [5.74, 6) is 0.934. The third-order valence-electron chi connectivity index (χ3n) is 3.23. The first-order valence-electron chi connectivity index (χ1n) is 6.89. The zero-order valence-electron chi connectivity index (χ0n) is 12.1. The molecule has 21 heavy (non-hydrogen) atoms. The van der Waals surface area contributed by atoms with Gasteiger partial charge >= 0.3 is 0 Å². The molecule has 4 nitrogen and oxygen atoms in total. The van der Waals surface area contributed by atoms with E-state index < -0.39 is 0 Å². The van der Waals surface area contributed by atoms with E-state index in [0.717, 1.165) is 15.8 Å². The number of aliphatic imine (C=N–C) groups is 1. The largest absolute Gasteiger partial charge is 0.362 e. The lowest BCUT2D eigenvalue weighted by atomic mass is 10.1. The molecule has 0 spiro atoms. The molecule has 0 bridgehead atoms. The summed E-state index contributed by atoms with van der Waals surface area (Å²) in [5.41, 5.74) is 0. The van der Waals surface area contributed by atoms with Gasteiger partial charge in [-0.3, -0.25) is 4.99 Å². The van der Waals surface area contributed by atoms with Gasteiger partial charge in [0.2, 0.25) is 0 Å². The Morgan fingerprint density at radius 3 is 2.76 bits per heavy atom. The van der Waals surface area contributed by atoms with E-state index >= 15 is 0 Å². The molecular weight excluding hydrogens is 280 g/mol. The minimum Gasteiger partial charge on any atom is -0.362 e. The summed E-state index contributed by atoms with van der Waals surface area (Å²) in [7, 11) is 4.00. The number of rotatable bonds is 4. The number of hydrogen-bond donors (Lipinski definition) is 1. The number of hydrogen-bond acceptors (Lipinski definition) is 5. The molecule has 0 aromatic carbocycles. The van der Waals surface area contributed by atoms with Crippen LogP contribution in [-0.2, 0) is 0 Å². The minimum atomic E-state index is 0.239. The summed E-state index contributed by atoms with van der Waals surface area (Å²) in [6, 6.07) is 0.547. The molecule has 0 amide bonds. The first-order chi connectivity index (χ1) is 10.2. The normalized spacial score (nSPS) is 23.6. The molecule has 1 aliphatic carbocycles. The number of allylic oxidation sites excluding steroid dienone is 4. The monoisotopic (exact) mass is 298 g/mol. The highest BCUT2D eigenvalue weighted by molar-refractivity contribution is 7.16. The summed E-state index contributed by atoms with van der Waals surface area (Å²) in [5, 5.41) is 4.40. The molecule has 108 valence electrons. The van der Waals surface area contributed by atoms with Crippen molar-refractivity contribution in [3.8, 4) is 0 Å². The molecule has 1 N–H and O–H groups in total. The highest BCUT2D eigenvalue weighted by Crippen LogP contribution is 2.21. The van der Waals surface area contributed by atoms with Gasteiger partial charge < -0.3 is 10.2 Å². The first kappa shape index (κ1) is 13.8. The Balaban J connectivity index is 1.58. The van der Waals surface area contributed by atoms with Gasteiger partial charge in [-0.05, 0) is 12.2 Å². The molecule has 2 unspecified atom stereocenters. The van der Waals surface area contributed by atoms with Crippen LogP contribution in [0.3, 0.4) is 0 Å². The first-order valence-corrected chi connectivity index (χ1v) is 7.71. The summed E-state index contributed by atoms with van der Waals surface area (Å²) >= 11 is 1.67. The van der Waals surface area contributed by atoms with Crippen LogP contribution in [0, 0.1) is 0 Å². The van der Waals surface area contributed by atoms with Crippen LogP contribution in [0.1, 0.15) is 4.88 Å². The molecule has 1 aliphatic heterocycles. The molecule has 2 atom stereocenters. The number of amidine groups is 1. The van der Waals surface area contributed by atoms with Crippen LogP contribution >= 0.6 is 11.3 Å². The molecule has 3 rings (SSSR count). The fraction of sp³-hybridized carbons (Fsp3) is 0.250.